The molecule has 0 spiro atoms. The fourth-order valence-corrected chi connectivity index (χ4v) is 2.98. The van der Waals surface area contributed by atoms with E-state index in [1.54, 1.807) is 4.90 Å². The van der Waals surface area contributed by atoms with Gasteiger partial charge in [0.1, 0.15) is 0 Å². The van der Waals surface area contributed by atoms with Gasteiger partial charge in [0, 0.05) is 25.2 Å². The zero-order valence-corrected chi connectivity index (χ0v) is 12.7. The molecule has 2 nitrogen and oxygen atoms in total. The average Bonchev–Trinajstić information content (AvgIpc) is 2.36. The van der Waals surface area contributed by atoms with Crippen molar-refractivity contribution in [3.8, 4) is 0 Å². The second-order valence-corrected chi connectivity index (χ2v) is 6.80. The Hall–Kier alpha value is -1.07. The summed E-state index contributed by atoms with van der Waals surface area (Å²) in [6.45, 7) is 6.08. The van der Waals surface area contributed by atoms with Crippen molar-refractivity contribution in [2.75, 3.05) is 19.6 Å². The van der Waals surface area contributed by atoms with Crippen LogP contribution in [0.5, 0.6) is 0 Å². The second-order valence-electron chi connectivity index (χ2n) is 6.80. The van der Waals surface area contributed by atoms with Gasteiger partial charge < -0.3 is 5.32 Å². The number of benzene rings is 1. The molecule has 1 aromatic rings. The lowest BCUT2D eigenvalue weighted by Crippen LogP contribution is -2.59. The van der Waals surface area contributed by atoms with Gasteiger partial charge in [-0.15, -0.1) is 0 Å². The van der Waals surface area contributed by atoms with Gasteiger partial charge in [0.05, 0.1) is 6.54 Å². The molecule has 1 heterocycles. The summed E-state index contributed by atoms with van der Waals surface area (Å²) < 4.78 is 38.6. The van der Waals surface area contributed by atoms with Gasteiger partial charge in [0.25, 0.3) is 0 Å². The van der Waals surface area contributed by atoms with Gasteiger partial charge in [-0.05, 0) is 11.0 Å². The number of halogens is 3. The van der Waals surface area contributed by atoms with E-state index in [0.717, 1.165) is 5.56 Å². The fraction of sp³-hybridized carbons (Fsp3) is 0.625. The number of rotatable bonds is 2. The molecule has 1 fully saturated rings. The molecule has 0 amide bonds. The van der Waals surface area contributed by atoms with Crippen molar-refractivity contribution in [1.82, 2.24) is 10.2 Å². The van der Waals surface area contributed by atoms with Gasteiger partial charge in [0.2, 0.25) is 0 Å². The Morgan fingerprint density at radius 2 is 1.76 bits per heavy atom. The molecule has 5 heteroatoms. The summed E-state index contributed by atoms with van der Waals surface area (Å²) in [6, 6.07) is 9.49. The third-order valence-corrected chi connectivity index (χ3v) is 4.00. The van der Waals surface area contributed by atoms with Crippen LogP contribution in [0.2, 0.25) is 0 Å². The summed E-state index contributed by atoms with van der Waals surface area (Å²) in [5, 5.41) is 3.40. The standard InChI is InChI=1S/C16H23F3N2/c1-15(2,3)14-9-20-13(12-7-5-4-6-8-12)10-21(14)11-16(17,18)19/h4-8,13-14,20H,9-11H2,1-3H3. The lowest BCUT2D eigenvalue weighted by molar-refractivity contribution is -0.159. The number of piperazine rings is 1. The maximum Gasteiger partial charge on any atom is 0.401 e. The predicted molar refractivity (Wildman–Crippen MR) is 78.1 cm³/mol. The molecule has 0 aliphatic carbocycles. The molecule has 0 saturated carbocycles. The van der Waals surface area contributed by atoms with E-state index in [-0.39, 0.29) is 17.5 Å². The monoisotopic (exact) mass is 300 g/mol. The Morgan fingerprint density at radius 3 is 2.29 bits per heavy atom. The van der Waals surface area contributed by atoms with Gasteiger partial charge in [-0.25, -0.2) is 0 Å². The summed E-state index contributed by atoms with van der Waals surface area (Å²) >= 11 is 0. The highest BCUT2D eigenvalue weighted by Gasteiger charge is 2.41. The van der Waals surface area contributed by atoms with Crippen LogP contribution in [0.1, 0.15) is 32.4 Å². The first kappa shape index (κ1) is 16.3. The van der Waals surface area contributed by atoms with Gasteiger partial charge in [0.15, 0.2) is 0 Å². The molecule has 0 aromatic heterocycles. The minimum Gasteiger partial charge on any atom is -0.307 e. The van der Waals surface area contributed by atoms with E-state index in [1.165, 1.54) is 0 Å². The summed E-state index contributed by atoms with van der Waals surface area (Å²) in [7, 11) is 0. The van der Waals surface area contributed by atoms with Crippen LogP contribution in [0, 0.1) is 5.41 Å². The van der Waals surface area contributed by atoms with Gasteiger partial charge >= 0.3 is 6.18 Å². The Balaban J connectivity index is 2.17. The number of nitrogens with zero attached hydrogens (tertiary/aromatic N) is 1. The first-order chi connectivity index (χ1) is 9.67. The van der Waals surface area contributed by atoms with E-state index >= 15 is 0 Å². The van der Waals surface area contributed by atoms with Crippen LogP contribution in [0.15, 0.2) is 30.3 Å². The Labute approximate surface area is 124 Å². The molecule has 1 N–H and O–H groups in total. The zero-order valence-electron chi connectivity index (χ0n) is 12.7. The van der Waals surface area contributed by atoms with E-state index in [2.05, 4.69) is 5.32 Å². The van der Waals surface area contributed by atoms with Gasteiger partial charge in [-0.2, -0.15) is 13.2 Å². The third-order valence-electron chi connectivity index (χ3n) is 4.00. The normalized spacial score (nSPS) is 25.0. The summed E-state index contributed by atoms with van der Waals surface area (Å²) in [6.07, 6.45) is -4.16. The van der Waals surface area contributed by atoms with Crippen molar-refractivity contribution in [2.24, 2.45) is 5.41 Å². The molecule has 118 valence electrons. The van der Waals surface area contributed by atoms with Crippen LogP contribution in [0.3, 0.4) is 0 Å². The Morgan fingerprint density at radius 1 is 1.14 bits per heavy atom. The number of nitrogens with one attached hydrogen (secondary N) is 1. The van der Waals surface area contributed by atoms with E-state index < -0.39 is 12.7 Å². The number of alkyl halides is 3. The first-order valence-corrected chi connectivity index (χ1v) is 7.26. The zero-order chi connectivity index (χ0) is 15.7. The second kappa shape index (κ2) is 5.97. The van der Waals surface area contributed by atoms with Crippen molar-refractivity contribution in [3.63, 3.8) is 0 Å². The average molecular weight is 300 g/mol. The quantitative estimate of drug-likeness (QED) is 0.897. The molecular weight excluding hydrogens is 277 g/mol. The molecule has 0 bridgehead atoms. The molecule has 0 radical (unpaired) electrons. The smallest absolute Gasteiger partial charge is 0.307 e. The summed E-state index contributed by atoms with van der Waals surface area (Å²) in [5.41, 5.74) is 0.844. The minimum atomic E-state index is -4.16. The van der Waals surface area contributed by atoms with Gasteiger partial charge in [-0.3, -0.25) is 4.90 Å². The van der Waals surface area contributed by atoms with Crippen LogP contribution >= 0.6 is 0 Å². The van der Waals surface area contributed by atoms with E-state index in [1.807, 2.05) is 51.1 Å². The van der Waals surface area contributed by atoms with Crippen molar-refractivity contribution in [1.29, 1.82) is 0 Å². The lowest BCUT2D eigenvalue weighted by Gasteiger charge is -2.46. The first-order valence-electron chi connectivity index (χ1n) is 7.26. The largest absolute Gasteiger partial charge is 0.401 e. The number of hydrogen-bond acceptors (Lipinski definition) is 2. The minimum absolute atomic E-state index is 0.0489. The van der Waals surface area contributed by atoms with Crippen LogP contribution in [-0.2, 0) is 0 Å². The van der Waals surface area contributed by atoms with Crippen molar-refractivity contribution in [2.45, 2.75) is 39.0 Å². The number of hydrogen-bond donors (Lipinski definition) is 1. The van der Waals surface area contributed by atoms with Crippen molar-refractivity contribution >= 4 is 0 Å². The fourth-order valence-electron chi connectivity index (χ4n) is 2.98. The van der Waals surface area contributed by atoms with Crippen LogP contribution in [-0.4, -0.2) is 36.8 Å². The highest BCUT2D eigenvalue weighted by molar-refractivity contribution is 5.20. The Kier molecular flexibility index (Phi) is 4.63. The van der Waals surface area contributed by atoms with Crippen LogP contribution in [0.25, 0.3) is 0 Å². The van der Waals surface area contributed by atoms with Crippen molar-refractivity contribution < 1.29 is 13.2 Å². The lowest BCUT2D eigenvalue weighted by atomic mass is 9.83. The molecule has 1 aliphatic rings. The van der Waals surface area contributed by atoms with E-state index in [0.29, 0.717) is 13.1 Å². The maximum absolute atomic E-state index is 12.9. The summed E-state index contributed by atoms with van der Waals surface area (Å²) in [4.78, 5) is 1.58. The molecule has 21 heavy (non-hydrogen) atoms. The molecule has 1 aliphatic heterocycles. The third kappa shape index (κ3) is 4.45. The van der Waals surface area contributed by atoms with E-state index in [4.69, 9.17) is 0 Å². The highest BCUT2D eigenvalue weighted by Crippen LogP contribution is 2.32. The SMILES string of the molecule is CC(C)(C)C1CNC(c2ccccc2)CN1CC(F)(F)F. The van der Waals surface area contributed by atoms with Crippen LogP contribution < -0.4 is 5.32 Å². The molecule has 2 unspecified atom stereocenters. The van der Waals surface area contributed by atoms with Crippen LogP contribution in [0.4, 0.5) is 13.2 Å². The topological polar surface area (TPSA) is 15.3 Å². The predicted octanol–water partition coefficient (Wildman–Crippen LogP) is 3.61. The van der Waals surface area contributed by atoms with Gasteiger partial charge in [-0.1, -0.05) is 51.1 Å². The maximum atomic E-state index is 12.9. The Bertz CT molecular complexity index is 451. The molecule has 1 saturated heterocycles. The highest BCUT2D eigenvalue weighted by atomic mass is 19.4. The van der Waals surface area contributed by atoms with Crippen molar-refractivity contribution in [3.05, 3.63) is 35.9 Å². The molecule has 2 atom stereocenters. The molecular formula is C16H23F3N2. The molecule has 1 aromatic carbocycles. The summed E-state index contributed by atoms with van der Waals surface area (Å²) in [5.74, 6) is 0. The van der Waals surface area contributed by atoms with E-state index in [9.17, 15) is 13.2 Å². The molecule has 2 rings (SSSR count).